The number of hydrogen-bond donors (Lipinski definition) is 0. The quantitative estimate of drug-likeness (QED) is 0.154. The number of nitrogens with zero attached hydrogens (tertiary/aromatic N) is 2. The van der Waals surface area contributed by atoms with Crippen molar-refractivity contribution in [1.82, 2.24) is 9.38 Å². The molecule has 0 bridgehead atoms. The van der Waals surface area contributed by atoms with Crippen molar-refractivity contribution in [1.29, 1.82) is 0 Å². The summed E-state index contributed by atoms with van der Waals surface area (Å²) in [4.78, 5) is 18.4. The first kappa shape index (κ1) is 27.1. The Morgan fingerprint density at radius 1 is 0.914 bits per heavy atom. The van der Waals surface area contributed by atoms with Crippen LogP contribution in [0, 0.1) is 0 Å². The number of rotatable bonds is 15. The van der Waals surface area contributed by atoms with E-state index in [0.717, 1.165) is 46.8 Å². The predicted octanol–water partition coefficient (Wildman–Crippen LogP) is 8.67. The van der Waals surface area contributed by atoms with Gasteiger partial charge in [0, 0.05) is 6.20 Å². The van der Waals surface area contributed by atoms with Crippen molar-refractivity contribution in [3.05, 3.63) is 36.7 Å². The Morgan fingerprint density at radius 3 is 2.20 bits per heavy atom. The van der Waals surface area contributed by atoms with Gasteiger partial charge in [-0.05, 0) is 69.4 Å². The van der Waals surface area contributed by atoms with Crippen molar-refractivity contribution in [3.8, 4) is 22.1 Å². The number of carbonyl (C=O) groups is 1. The normalized spacial score (nSPS) is 13.0. The molecule has 0 aliphatic carbocycles. The van der Waals surface area contributed by atoms with Gasteiger partial charge in [-0.25, -0.2) is 4.79 Å². The van der Waals surface area contributed by atoms with E-state index in [-0.39, 0.29) is 18.1 Å². The molecule has 35 heavy (non-hydrogen) atoms. The summed E-state index contributed by atoms with van der Waals surface area (Å²) in [6, 6.07) is 8.19. The van der Waals surface area contributed by atoms with Crippen LogP contribution in [0.3, 0.4) is 0 Å². The number of imidazole rings is 1. The number of ether oxygens (including phenoxy) is 3. The van der Waals surface area contributed by atoms with Gasteiger partial charge in [-0.2, -0.15) is 4.98 Å². The summed E-state index contributed by atoms with van der Waals surface area (Å²) >= 11 is 1.54. The summed E-state index contributed by atoms with van der Waals surface area (Å²) in [6.07, 6.45) is 14.6. The molecule has 192 valence electrons. The van der Waals surface area contributed by atoms with Crippen molar-refractivity contribution in [2.24, 2.45) is 0 Å². The first-order valence-electron chi connectivity index (χ1n) is 13.1. The lowest BCUT2D eigenvalue weighted by molar-refractivity contribution is 0.0602. The zero-order chi connectivity index (χ0) is 25.0. The summed E-state index contributed by atoms with van der Waals surface area (Å²) < 4.78 is 18.6. The van der Waals surface area contributed by atoms with Gasteiger partial charge in [0.05, 0.1) is 17.2 Å². The van der Waals surface area contributed by atoms with E-state index in [0.29, 0.717) is 0 Å². The standard InChI is InChI=1S/C28H40N2O4S/c1-5-7-9-11-13-21(3)32-24-17-15-23(16-18-24)25-19-30-20-26(29-27(30)35-25)34-28(31)33-22(4)14-12-10-8-6-2/h15-22H,5-14H2,1-4H3/t21-,22+/m0/s1. The van der Waals surface area contributed by atoms with Crippen LogP contribution in [0.4, 0.5) is 4.79 Å². The van der Waals surface area contributed by atoms with Gasteiger partial charge >= 0.3 is 6.16 Å². The van der Waals surface area contributed by atoms with E-state index < -0.39 is 6.16 Å². The third kappa shape index (κ3) is 8.88. The fourth-order valence-electron chi connectivity index (χ4n) is 4.00. The summed E-state index contributed by atoms with van der Waals surface area (Å²) in [7, 11) is 0. The molecule has 3 rings (SSSR count). The predicted molar refractivity (Wildman–Crippen MR) is 143 cm³/mol. The van der Waals surface area contributed by atoms with Crippen LogP contribution < -0.4 is 9.47 Å². The number of benzene rings is 1. The zero-order valence-electron chi connectivity index (χ0n) is 21.6. The average Bonchev–Trinajstić information content (AvgIpc) is 3.39. The number of hydrogen-bond acceptors (Lipinski definition) is 6. The molecule has 6 nitrogen and oxygen atoms in total. The van der Waals surface area contributed by atoms with Gasteiger partial charge in [0.1, 0.15) is 11.9 Å². The van der Waals surface area contributed by atoms with Crippen LogP contribution in [0.25, 0.3) is 15.4 Å². The molecule has 2 atom stereocenters. The number of fused-ring (bicyclic) bond motifs is 1. The third-order valence-electron chi connectivity index (χ3n) is 6.02. The molecule has 0 amide bonds. The Bertz CT molecular complexity index is 996. The minimum atomic E-state index is -0.700. The smallest absolute Gasteiger partial charge is 0.491 e. The maximum absolute atomic E-state index is 12.1. The first-order chi connectivity index (χ1) is 17.0. The second kappa shape index (κ2) is 14.1. The van der Waals surface area contributed by atoms with Crippen LogP contribution in [-0.2, 0) is 4.74 Å². The highest BCUT2D eigenvalue weighted by Crippen LogP contribution is 2.31. The van der Waals surface area contributed by atoms with Crippen LogP contribution in [-0.4, -0.2) is 27.7 Å². The van der Waals surface area contributed by atoms with Crippen LogP contribution in [0.1, 0.15) is 91.9 Å². The molecule has 0 radical (unpaired) electrons. The van der Waals surface area contributed by atoms with Gasteiger partial charge in [0.15, 0.2) is 4.96 Å². The van der Waals surface area contributed by atoms with Crippen molar-refractivity contribution in [2.75, 3.05) is 0 Å². The molecule has 0 aliphatic rings. The van der Waals surface area contributed by atoms with Crippen LogP contribution in [0.2, 0.25) is 0 Å². The van der Waals surface area contributed by atoms with E-state index in [2.05, 4.69) is 37.9 Å². The molecule has 0 saturated heterocycles. The lowest BCUT2D eigenvalue weighted by atomic mass is 10.1. The molecular formula is C28H40N2O4S. The Hall–Kier alpha value is -2.54. The van der Waals surface area contributed by atoms with E-state index in [1.807, 2.05) is 29.7 Å². The van der Waals surface area contributed by atoms with E-state index >= 15 is 0 Å². The van der Waals surface area contributed by atoms with Gasteiger partial charge in [-0.3, -0.25) is 4.40 Å². The van der Waals surface area contributed by atoms with Crippen molar-refractivity contribution in [2.45, 2.75) is 104 Å². The fourth-order valence-corrected chi connectivity index (χ4v) is 4.96. The minimum Gasteiger partial charge on any atom is -0.491 e. The maximum atomic E-state index is 12.1. The monoisotopic (exact) mass is 500 g/mol. The lowest BCUT2D eigenvalue weighted by Gasteiger charge is -2.14. The molecule has 0 unspecified atom stereocenters. The molecule has 1 aromatic carbocycles. The molecule has 0 N–H and O–H groups in total. The number of thiazole rings is 1. The van der Waals surface area contributed by atoms with Gasteiger partial charge in [0.2, 0.25) is 5.88 Å². The topological polar surface area (TPSA) is 62.1 Å². The second-order valence-corrected chi connectivity index (χ2v) is 10.3. The van der Waals surface area contributed by atoms with Gasteiger partial charge in [0.25, 0.3) is 0 Å². The number of unbranched alkanes of at least 4 members (excludes halogenated alkanes) is 6. The second-order valence-electron chi connectivity index (χ2n) is 9.30. The molecule has 2 heterocycles. The molecule has 2 aromatic heterocycles. The molecule has 7 heteroatoms. The third-order valence-corrected chi connectivity index (χ3v) is 7.07. The molecule has 0 spiro atoms. The van der Waals surface area contributed by atoms with Crippen LogP contribution >= 0.6 is 11.3 Å². The largest absolute Gasteiger partial charge is 0.515 e. The van der Waals surface area contributed by atoms with Crippen LogP contribution in [0.15, 0.2) is 36.7 Å². The molecule has 0 fully saturated rings. The summed E-state index contributed by atoms with van der Waals surface area (Å²) in [5.41, 5.74) is 1.10. The van der Waals surface area contributed by atoms with E-state index in [1.165, 1.54) is 38.5 Å². The Morgan fingerprint density at radius 2 is 1.57 bits per heavy atom. The summed E-state index contributed by atoms with van der Waals surface area (Å²) in [5, 5.41) is 0. The van der Waals surface area contributed by atoms with E-state index in [9.17, 15) is 4.79 Å². The minimum absolute atomic E-state index is 0.161. The highest BCUT2D eigenvalue weighted by Gasteiger charge is 2.15. The van der Waals surface area contributed by atoms with Crippen molar-refractivity contribution < 1.29 is 19.0 Å². The molecular weight excluding hydrogens is 460 g/mol. The van der Waals surface area contributed by atoms with E-state index in [4.69, 9.17) is 14.2 Å². The molecule has 3 aromatic rings. The van der Waals surface area contributed by atoms with E-state index in [1.54, 1.807) is 17.5 Å². The highest BCUT2D eigenvalue weighted by atomic mass is 32.1. The van der Waals surface area contributed by atoms with Gasteiger partial charge in [-0.15, -0.1) is 0 Å². The number of carbonyl (C=O) groups excluding carboxylic acids is 1. The Kier molecular flexibility index (Phi) is 10.9. The molecule has 0 saturated carbocycles. The zero-order valence-corrected chi connectivity index (χ0v) is 22.4. The van der Waals surface area contributed by atoms with Crippen molar-refractivity contribution in [3.63, 3.8) is 0 Å². The summed E-state index contributed by atoms with van der Waals surface area (Å²) in [6.45, 7) is 8.44. The number of aromatic nitrogens is 2. The Balaban J connectivity index is 1.49. The van der Waals surface area contributed by atoms with Gasteiger partial charge in [-0.1, -0.05) is 63.7 Å². The first-order valence-corrected chi connectivity index (χ1v) is 13.9. The van der Waals surface area contributed by atoms with Crippen molar-refractivity contribution >= 4 is 22.5 Å². The maximum Gasteiger partial charge on any atom is 0.515 e. The molecule has 0 aliphatic heterocycles. The summed E-state index contributed by atoms with van der Waals surface area (Å²) in [5.74, 6) is 1.15. The highest BCUT2D eigenvalue weighted by molar-refractivity contribution is 7.20. The average molecular weight is 501 g/mol. The lowest BCUT2D eigenvalue weighted by Crippen LogP contribution is -2.18. The van der Waals surface area contributed by atoms with Gasteiger partial charge < -0.3 is 14.2 Å². The Labute approximate surface area is 213 Å². The van der Waals surface area contributed by atoms with Crippen LogP contribution in [0.5, 0.6) is 11.6 Å². The SMILES string of the molecule is CCCCCC[C@@H](C)OC(=O)Oc1cn2cc(-c3ccc(O[C@@H](C)CCCCCC)cc3)sc2n1. The fraction of sp³-hybridized carbons (Fsp3) is 0.571.